The zero-order chi connectivity index (χ0) is 12.7. The Morgan fingerprint density at radius 1 is 1.47 bits per heavy atom. The summed E-state index contributed by atoms with van der Waals surface area (Å²) in [5.41, 5.74) is 0. The second kappa shape index (κ2) is 6.59. The van der Waals surface area contributed by atoms with Crippen molar-refractivity contribution in [1.82, 2.24) is 20.1 Å². The first-order valence-electron chi connectivity index (χ1n) is 5.09. The molecule has 1 amide bonds. The predicted molar refractivity (Wildman–Crippen MR) is 55.9 cm³/mol. The number of carbonyl (C=O) groups is 2. The predicted octanol–water partition coefficient (Wildman–Crippen LogP) is -1.38. The molecule has 0 bridgehead atoms. The van der Waals surface area contributed by atoms with Crippen LogP contribution in [0.3, 0.4) is 0 Å². The van der Waals surface area contributed by atoms with Gasteiger partial charge in [-0.15, -0.1) is 0 Å². The molecule has 1 aromatic heterocycles. The Morgan fingerprint density at radius 3 is 2.82 bits per heavy atom. The van der Waals surface area contributed by atoms with Gasteiger partial charge in [-0.05, 0) is 0 Å². The van der Waals surface area contributed by atoms with Gasteiger partial charge < -0.3 is 15.5 Å². The van der Waals surface area contributed by atoms with Crippen LogP contribution in [0.5, 0.6) is 0 Å². The molecule has 0 aromatic carbocycles. The molecule has 0 radical (unpaired) electrons. The highest BCUT2D eigenvalue weighted by atomic mass is 16.4. The molecule has 0 saturated carbocycles. The molecule has 1 rings (SSSR count). The van der Waals surface area contributed by atoms with Crippen LogP contribution in [0.4, 0.5) is 0 Å². The Hall–Kier alpha value is -1.96. The Bertz CT molecular complexity index is 365. The number of nitrogens with one attached hydrogen (secondary N) is 1. The molecular weight excluding hydrogens is 228 g/mol. The molecule has 0 unspecified atom stereocenters. The van der Waals surface area contributed by atoms with Crippen molar-refractivity contribution in [2.45, 2.75) is 25.5 Å². The molecule has 94 valence electrons. The molecule has 1 aromatic rings. The molecule has 1 atom stereocenters. The molecule has 8 heteroatoms. The van der Waals surface area contributed by atoms with E-state index < -0.39 is 12.1 Å². The van der Waals surface area contributed by atoms with Crippen LogP contribution in [0, 0.1) is 0 Å². The summed E-state index contributed by atoms with van der Waals surface area (Å²) >= 11 is 0. The van der Waals surface area contributed by atoms with Crippen molar-refractivity contribution in [3.63, 3.8) is 0 Å². The van der Waals surface area contributed by atoms with E-state index in [0.29, 0.717) is 6.54 Å². The number of carboxylic acid groups (broad SMARTS) is 1. The van der Waals surface area contributed by atoms with Gasteiger partial charge in [0, 0.05) is 19.4 Å². The van der Waals surface area contributed by atoms with E-state index in [2.05, 4.69) is 15.4 Å². The van der Waals surface area contributed by atoms with Gasteiger partial charge in [0.15, 0.2) is 6.10 Å². The number of nitrogens with zero attached hydrogens (tertiary/aromatic N) is 3. The van der Waals surface area contributed by atoms with Gasteiger partial charge in [-0.1, -0.05) is 0 Å². The smallest absolute Gasteiger partial charge is 0.332 e. The van der Waals surface area contributed by atoms with Crippen LogP contribution < -0.4 is 5.32 Å². The number of carboxylic acids is 1. The molecule has 1 heterocycles. The van der Waals surface area contributed by atoms with Crippen LogP contribution in [0.2, 0.25) is 0 Å². The number of hydrogen-bond acceptors (Lipinski definition) is 5. The van der Waals surface area contributed by atoms with Crippen molar-refractivity contribution in [3.8, 4) is 0 Å². The topological polar surface area (TPSA) is 117 Å². The lowest BCUT2D eigenvalue weighted by Crippen LogP contribution is -2.30. The van der Waals surface area contributed by atoms with Crippen molar-refractivity contribution < 1.29 is 19.8 Å². The number of amides is 1. The first-order valence-corrected chi connectivity index (χ1v) is 5.09. The summed E-state index contributed by atoms with van der Waals surface area (Å²) in [6.45, 7) is 0.539. The van der Waals surface area contributed by atoms with Crippen molar-refractivity contribution in [3.05, 3.63) is 12.7 Å². The minimum absolute atomic E-state index is 0.00953. The Kier molecular flexibility index (Phi) is 5.08. The minimum Gasteiger partial charge on any atom is -0.479 e. The maximum absolute atomic E-state index is 11.3. The fourth-order valence-corrected chi connectivity index (χ4v) is 1.12. The molecule has 0 aliphatic rings. The van der Waals surface area contributed by atoms with E-state index in [0.717, 1.165) is 0 Å². The Labute approximate surface area is 97.3 Å². The second-order valence-electron chi connectivity index (χ2n) is 3.40. The van der Waals surface area contributed by atoms with Crippen LogP contribution in [-0.4, -0.2) is 49.5 Å². The van der Waals surface area contributed by atoms with Crippen molar-refractivity contribution in [1.29, 1.82) is 0 Å². The van der Waals surface area contributed by atoms with E-state index in [1.54, 1.807) is 0 Å². The summed E-state index contributed by atoms with van der Waals surface area (Å²) in [4.78, 5) is 25.3. The van der Waals surface area contributed by atoms with Crippen molar-refractivity contribution >= 4 is 11.9 Å². The van der Waals surface area contributed by atoms with Gasteiger partial charge in [-0.2, -0.15) is 5.10 Å². The zero-order valence-corrected chi connectivity index (χ0v) is 9.11. The summed E-state index contributed by atoms with van der Waals surface area (Å²) in [6, 6.07) is 0. The lowest BCUT2D eigenvalue weighted by atomic mass is 10.2. The maximum atomic E-state index is 11.3. The largest absolute Gasteiger partial charge is 0.479 e. The van der Waals surface area contributed by atoms with Gasteiger partial charge in [0.05, 0.1) is 6.54 Å². The molecule has 3 N–H and O–H groups in total. The Morgan fingerprint density at radius 2 is 2.24 bits per heavy atom. The van der Waals surface area contributed by atoms with Gasteiger partial charge in [-0.25, -0.2) is 9.78 Å². The van der Waals surface area contributed by atoms with Crippen LogP contribution in [0.1, 0.15) is 12.8 Å². The molecule has 8 nitrogen and oxygen atoms in total. The van der Waals surface area contributed by atoms with Crippen molar-refractivity contribution in [2.24, 2.45) is 0 Å². The molecular formula is C9H14N4O4. The minimum atomic E-state index is -1.44. The van der Waals surface area contributed by atoms with Crippen molar-refractivity contribution in [2.75, 3.05) is 6.54 Å². The highest BCUT2D eigenvalue weighted by molar-refractivity contribution is 5.76. The standard InChI is InChI=1S/C9H14N4O4/c14-7(9(16)17)1-3-11-8(15)2-4-13-6-10-5-12-13/h5-7,14H,1-4H2,(H,11,15)(H,16,17)/t7-/m0/s1. The van der Waals surface area contributed by atoms with Gasteiger partial charge in [0.1, 0.15) is 12.7 Å². The first-order chi connectivity index (χ1) is 8.09. The number of aliphatic carboxylic acids is 1. The third kappa shape index (κ3) is 5.07. The number of hydrogen-bond donors (Lipinski definition) is 3. The van der Waals surface area contributed by atoms with E-state index in [4.69, 9.17) is 10.2 Å². The lowest BCUT2D eigenvalue weighted by molar-refractivity contribution is -0.147. The van der Waals surface area contributed by atoms with Crippen LogP contribution >= 0.6 is 0 Å². The average Bonchev–Trinajstić information content (AvgIpc) is 2.78. The zero-order valence-electron chi connectivity index (χ0n) is 9.11. The Balaban J connectivity index is 2.11. The normalized spacial score (nSPS) is 12.1. The number of aromatic nitrogens is 3. The van der Waals surface area contributed by atoms with E-state index in [1.165, 1.54) is 17.3 Å². The van der Waals surface area contributed by atoms with Crippen LogP contribution in [-0.2, 0) is 16.1 Å². The van der Waals surface area contributed by atoms with E-state index in [9.17, 15) is 9.59 Å². The van der Waals surface area contributed by atoms with E-state index in [1.807, 2.05) is 0 Å². The molecule has 17 heavy (non-hydrogen) atoms. The fourth-order valence-electron chi connectivity index (χ4n) is 1.12. The van der Waals surface area contributed by atoms with Gasteiger partial charge >= 0.3 is 5.97 Å². The molecule has 0 aliphatic heterocycles. The second-order valence-corrected chi connectivity index (χ2v) is 3.40. The SMILES string of the molecule is O=C(CCn1cncn1)NCC[C@H](O)C(=O)O. The number of aliphatic hydroxyl groups excluding tert-OH is 1. The summed E-state index contributed by atoms with van der Waals surface area (Å²) in [5.74, 6) is -1.51. The average molecular weight is 242 g/mol. The quantitative estimate of drug-likeness (QED) is 0.542. The number of rotatable bonds is 7. The number of aryl methyl sites for hydroxylation is 1. The lowest BCUT2D eigenvalue weighted by Gasteiger charge is -2.07. The first kappa shape index (κ1) is 13.1. The number of carbonyl (C=O) groups excluding carboxylic acids is 1. The highest BCUT2D eigenvalue weighted by Crippen LogP contribution is 1.91. The maximum Gasteiger partial charge on any atom is 0.332 e. The van der Waals surface area contributed by atoms with Crippen LogP contribution in [0.25, 0.3) is 0 Å². The molecule has 0 spiro atoms. The summed E-state index contributed by atoms with van der Waals surface area (Å²) in [5, 5.41) is 23.7. The van der Waals surface area contributed by atoms with Crippen LogP contribution in [0.15, 0.2) is 12.7 Å². The highest BCUT2D eigenvalue weighted by Gasteiger charge is 2.12. The summed E-state index contributed by atoms with van der Waals surface area (Å²) < 4.78 is 1.52. The van der Waals surface area contributed by atoms with Gasteiger partial charge in [0.25, 0.3) is 0 Å². The molecule has 0 saturated heterocycles. The number of aliphatic hydroxyl groups is 1. The summed E-state index contributed by atoms with van der Waals surface area (Å²) in [7, 11) is 0. The third-order valence-corrected chi connectivity index (χ3v) is 2.06. The van der Waals surface area contributed by atoms with E-state index >= 15 is 0 Å². The monoisotopic (exact) mass is 242 g/mol. The summed E-state index contributed by atoms with van der Waals surface area (Å²) in [6.07, 6.45) is 1.66. The fraction of sp³-hybridized carbons (Fsp3) is 0.556. The van der Waals surface area contributed by atoms with E-state index in [-0.39, 0.29) is 25.3 Å². The third-order valence-electron chi connectivity index (χ3n) is 2.06. The van der Waals surface area contributed by atoms with Gasteiger partial charge in [0.2, 0.25) is 5.91 Å². The molecule has 0 aliphatic carbocycles. The molecule has 0 fully saturated rings. The van der Waals surface area contributed by atoms with Gasteiger partial charge in [-0.3, -0.25) is 9.48 Å².